The van der Waals surface area contributed by atoms with Gasteiger partial charge in [-0.25, -0.2) is 0 Å². The minimum Gasteiger partial charge on any atom is -0.497 e. The van der Waals surface area contributed by atoms with Crippen molar-refractivity contribution in [3.63, 3.8) is 0 Å². The minimum absolute atomic E-state index is 0.495. The van der Waals surface area contributed by atoms with Gasteiger partial charge < -0.3 is 19.2 Å². The van der Waals surface area contributed by atoms with E-state index in [1.165, 1.54) is 0 Å². The second-order valence-electron chi connectivity index (χ2n) is 4.07. The molecule has 0 aliphatic rings. The summed E-state index contributed by atoms with van der Waals surface area (Å²) in [5.74, 6) is 2.17. The van der Waals surface area contributed by atoms with Crippen molar-refractivity contribution in [3.8, 4) is 5.75 Å². The van der Waals surface area contributed by atoms with E-state index in [0.717, 1.165) is 16.2 Å². The van der Waals surface area contributed by atoms with Gasteiger partial charge in [0.05, 0.1) is 13.4 Å². The molecule has 0 radical (unpaired) electrons. The molecule has 0 amide bonds. The molecule has 2 aromatic rings. The van der Waals surface area contributed by atoms with Crippen LogP contribution in [-0.2, 0) is 5.75 Å². The second-order valence-corrected chi connectivity index (χ2v) is 5.09. The van der Waals surface area contributed by atoms with E-state index in [9.17, 15) is 10.0 Å². The van der Waals surface area contributed by atoms with E-state index >= 15 is 0 Å². The average Bonchev–Trinajstić information content (AvgIpc) is 2.81. The first-order valence-corrected chi connectivity index (χ1v) is 6.80. The topological polar surface area (TPSA) is 62.8 Å². The lowest BCUT2D eigenvalue weighted by molar-refractivity contribution is 0.413. The van der Waals surface area contributed by atoms with Crippen LogP contribution in [0.3, 0.4) is 0 Å². The smallest absolute Gasteiger partial charge is 0.488 e. The average molecular weight is 278 g/mol. The normalized spacial score (nSPS) is 10.5. The Hall–Kier alpha value is -1.37. The highest BCUT2D eigenvalue weighted by Gasteiger charge is 2.17. The van der Waals surface area contributed by atoms with Crippen molar-refractivity contribution in [1.82, 2.24) is 0 Å². The first-order valence-electron chi connectivity index (χ1n) is 5.81. The van der Waals surface area contributed by atoms with E-state index in [1.807, 2.05) is 19.1 Å². The highest BCUT2D eigenvalue weighted by molar-refractivity contribution is 7.98. The quantitative estimate of drug-likeness (QED) is 0.642. The van der Waals surface area contributed by atoms with Gasteiger partial charge in [-0.15, -0.1) is 11.8 Å². The molecular weight excluding hydrogens is 263 g/mol. The molecule has 0 bridgehead atoms. The molecule has 100 valence electrons. The van der Waals surface area contributed by atoms with Gasteiger partial charge in [-0.1, -0.05) is 6.07 Å². The molecule has 4 nitrogen and oxygen atoms in total. The Morgan fingerprint density at radius 2 is 2.11 bits per heavy atom. The van der Waals surface area contributed by atoms with Gasteiger partial charge >= 0.3 is 7.12 Å². The van der Waals surface area contributed by atoms with Crippen LogP contribution in [0.25, 0.3) is 0 Å². The minimum atomic E-state index is -1.48. The number of furan rings is 1. The molecule has 1 aromatic carbocycles. The van der Waals surface area contributed by atoms with Crippen LogP contribution < -0.4 is 10.2 Å². The second kappa shape index (κ2) is 6.19. The third-order valence-electron chi connectivity index (χ3n) is 2.82. The SMILES string of the molecule is COc1ccc(B(O)O)c(CSc2ccoc2C)c1. The van der Waals surface area contributed by atoms with Crippen molar-refractivity contribution in [3.05, 3.63) is 41.9 Å². The van der Waals surface area contributed by atoms with Gasteiger partial charge in [0.2, 0.25) is 0 Å². The fourth-order valence-corrected chi connectivity index (χ4v) is 2.73. The van der Waals surface area contributed by atoms with Gasteiger partial charge in [0, 0.05) is 10.6 Å². The van der Waals surface area contributed by atoms with E-state index < -0.39 is 7.12 Å². The number of thioether (sulfide) groups is 1. The van der Waals surface area contributed by atoms with Gasteiger partial charge in [-0.3, -0.25) is 0 Å². The van der Waals surface area contributed by atoms with Crippen LogP contribution in [0.15, 0.2) is 39.8 Å². The summed E-state index contributed by atoms with van der Waals surface area (Å²) in [6.07, 6.45) is 1.64. The molecule has 2 N–H and O–H groups in total. The highest BCUT2D eigenvalue weighted by atomic mass is 32.2. The lowest BCUT2D eigenvalue weighted by atomic mass is 9.77. The maximum absolute atomic E-state index is 9.37. The molecule has 0 spiro atoms. The van der Waals surface area contributed by atoms with Crippen molar-refractivity contribution in [1.29, 1.82) is 0 Å². The predicted octanol–water partition coefficient (Wildman–Crippen LogP) is 1.57. The molecule has 19 heavy (non-hydrogen) atoms. The fourth-order valence-electron chi connectivity index (χ4n) is 1.76. The van der Waals surface area contributed by atoms with Crippen molar-refractivity contribution in [2.75, 3.05) is 7.11 Å². The van der Waals surface area contributed by atoms with Gasteiger partial charge in [-0.2, -0.15) is 0 Å². The lowest BCUT2D eigenvalue weighted by Crippen LogP contribution is -2.32. The number of hydrogen-bond acceptors (Lipinski definition) is 5. The molecular formula is C13H15BO4S. The summed E-state index contributed by atoms with van der Waals surface area (Å²) >= 11 is 1.59. The molecule has 0 saturated heterocycles. The van der Waals surface area contributed by atoms with Gasteiger partial charge in [0.1, 0.15) is 11.5 Å². The summed E-state index contributed by atoms with van der Waals surface area (Å²) in [7, 11) is 0.105. The summed E-state index contributed by atoms with van der Waals surface area (Å²) in [6, 6.07) is 7.10. The monoisotopic (exact) mass is 278 g/mol. The summed E-state index contributed by atoms with van der Waals surface area (Å²) in [5.41, 5.74) is 1.33. The Kier molecular flexibility index (Phi) is 4.58. The Labute approximate surface area is 116 Å². The molecule has 0 fully saturated rings. The van der Waals surface area contributed by atoms with Gasteiger partial charge in [0.15, 0.2) is 0 Å². The van der Waals surface area contributed by atoms with Crippen LogP contribution in [0.4, 0.5) is 0 Å². The Balaban J connectivity index is 2.20. The van der Waals surface area contributed by atoms with Crippen LogP contribution in [-0.4, -0.2) is 24.3 Å². The van der Waals surface area contributed by atoms with Gasteiger partial charge in [0.25, 0.3) is 0 Å². The zero-order chi connectivity index (χ0) is 13.8. The number of methoxy groups -OCH3 is 1. The third kappa shape index (κ3) is 3.35. The first kappa shape index (κ1) is 14.1. The fraction of sp³-hybridized carbons (Fsp3) is 0.231. The maximum atomic E-state index is 9.37. The van der Waals surface area contributed by atoms with Crippen LogP contribution in [0.1, 0.15) is 11.3 Å². The lowest BCUT2D eigenvalue weighted by Gasteiger charge is -2.10. The van der Waals surface area contributed by atoms with E-state index in [1.54, 1.807) is 37.3 Å². The van der Waals surface area contributed by atoms with Crippen molar-refractivity contribution < 1.29 is 19.2 Å². The molecule has 6 heteroatoms. The largest absolute Gasteiger partial charge is 0.497 e. The molecule has 1 heterocycles. The molecule has 0 atom stereocenters. The molecule has 0 aliphatic heterocycles. The third-order valence-corrected chi connectivity index (χ3v) is 4.01. The zero-order valence-corrected chi connectivity index (χ0v) is 11.6. The zero-order valence-electron chi connectivity index (χ0n) is 10.8. The summed E-state index contributed by atoms with van der Waals surface area (Å²) < 4.78 is 10.4. The number of aryl methyl sites for hydroxylation is 1. The highest BCUT2D eigenvalue weighted by Crippen LogP contribution is 2.27. The predicted molar refractivity (Wildman–Crippen MR) is 75.8 cm³/mol. The van der Waals surface area contributed by atoms with Crippen LogP contribution >= 0.6 is 11.8 Å². The Bertz CT molecular complexity index is 553. The number of benzene rings is 1. The van der Waals surface area contributed by atoms with Crippen LogP contribution in [0.2, 0.25) is 0 Å². The Morgan fingerprint density at radius 3 is 2.68 bits per heavy atom. The van der Waals surface area contributed by atoms with E-state index in [2.05, 4.69) is 0 Å². The number of hydrogen-bond donors (Lipinski definition) is 2. The van der Waals surface area contributed by atoms with Gasteiger partial charge in [-0.05, 0) is 36.1 Å². The van der Waals surface area contributed by atoms with E-state index in [4.69, 9.17) is 9.15 Å². The molecule has 0 aliphatic carbocycles. The van der Waals surface area contributed by atoms with Crippen molar-refractivity contribution in [2.45, 2.75) is 17.6 Å². The van der Waals surface area contributed by atoms with E-state index in [-0.39, 0.29) is 0 Å². The number of rotatable bonds is 5. The maximum Gasteiger partial charge on any atom is 0.488 e. The summed E-state index contributed by atoms with van der Waals surface area (Å²) in [5, 5.41) is 18.7. The van der Waals surface area contributed by atoms with E-state index in [0.29, 0.717) is 17.0 Å². The Morgan fingerprint density at radius 1 is 1.32 bits per heavy atom. The standard InChI is InChI=1S/C13H15BO4S/c1-9-13(5-6-18-9)19-8-10-7-11(17-2)3-4-12(10)14(15)16/h3-7,15-16H,8H2,1-2H3. The summed E-state index contributed by atoms with van der Waals surface area (Å²) in [6.45, 7) is 1.90. The van der Waals surface area contributed by atoms with Crippen LogP contribution in [0, 0.1) is 6.92 Å². The first-order chi connectivity index (χ1) is 9.11. The molecule has 1 aromatic heterocycles. The molecule has 2 rings (SSSR count). The molecule has 0 unspecified atom stereocenters. The van der Waals surface area contributed by atoms with Crippen LogP contribution in [0.5, 0.6) is 5.75 Å². The van der Waals surface area contributed by atoms with Crippen molar-refractivity contribution >= 4 is 24.3 Å². The summed E-state index contributed by atoms with van der Waals surface area (Å²) in [4.78, 5) is 1.04. The molecule has 0 saturated carbocycles. The van der Waals surface area contributed by atoms with Crippen molar-refractivity contribution in [2.24, 2.45) is 0 Å². The number of ether oxygens (including phenoxy) is 1.